The van der Waals surface area contributed by atoms with Gasteiger partial charge in [0.2, 0.25) is 0 Å². The lowest BCUT2D eigenvalue weighted by atomic mass is 10.1. The Morgan fingerprint density at radius 3 is 2.72 bits per heavy atom. The number of halogens is 1. The number of nitrogens with two attached hydrogens (primary N) is 1. The van der Waals surface area contributed by atoms with E-state index in [1.54, 1.807) is 0 Å². The second-order valence-corrected chi connectivity index (χ2v) is 7.24. The molecule has 1 rings (SSSR count). The Morgan fingerprint density at radius 2 is 2.11 bits per heavy atom. The first-order chi connectivity index (χ1) is 8.42. The molecular weight excluding hydrogens is 318 g/mol. The summed E-state index contributed by atoms with van der Waals surface area (Å²) in [5.74, 6) is 0.897. The van der Waals surface area contributed by atoms with Gasteiger partial charge in [0.1, 0.15) is 15.6 Å². The van der Waals surface area contributed by atoms with Crippen molar-refractivity contribution in [1.29, 1.82) is 0 Å². The topological polar surface area (TPSA) is 69.4 Å². The summed E-state index contributed by atoms with van der Waals surface area (Å²) >= 11 is 3.45. The van der Waals surface area contributed by atoms with Gasteiger partial charge in [-0.1, -0.05) is 15.9 Å². The molecule has 4 nitrogen and oxygen atoms in total. The first kappa shape index (κ1) is 15.5. The summed E-state index contributed by atoms with van der Waals surface area (Å²) in [4.78, 5) is 0. The molecule has 0 fully saturated rings. The van der Waals surface area contributed by atoms with Crippen molar-refractivity contribution < 1.29 is 13.2 Å². The van der Waals surface area contributed by atoms with Gasteiger partial charge in [-0.15, -0.1) is 0 Å². The molecule has 6 heteroatoms. The quantitative estimate of drug-likeness (QED) is 0.771. The van der Waals surface area contributed by atoms with Crippen LogP contribution in [-0.4, -0.2) is 33.6 Å². The van der Waals surface area contributed by atoms with Crippen molar-refractivity contribution in [2.45, 2.75) is 12.8 Å². The number of hydrogen-bond donors (Lipinski definition) is 1. The van der Waals surface area contributed by atoms with Gasteiger partial charge in [0, 0.05) is 10.7 Å². The predicted molar refractivity (Wildman–Crippen MR) is 76.7 cm³/mol. The molecule has 102 valence electrons. The van der Waals surface area contributed by atoms with Crippen molar-refractivity contribution in [2.24, 2.45) is 5.73 Å². The Hall–Kier alpha value is -0.590. The van der Waals surface area contributed by atoms with Gasteiger partial charge in [-0.3, -0.25) is 0 Å². The third kappa shape index (κ3) is 5.84. The summed E-state index contributed by atoms with van der Waals surface area (Å²) in [5, 5.41) is 0. The summed E-state index contributed by atoms with van der Waals surface area (Å²) in [7, 11) is -2.91. The molecule has 0 amide bonds. The Kier molecular flexibility index (Phi) is 6.11. The normalized spacial score (nSPS) is 11.5. The maximum atomic E-state index is 11.0. The van der Waals surface area contributed by atoms with E-state index in [1.807, 2.05) is 18.2 Å². The molecule has 1 aromatic rings. The third-order valence-electron chi connectivity index (χ3n) is 2.36. The Balaban J connectivity index is 2.50. The van der Waals surface area contributed by atoms with Gasteiger partial charge in [-0.05, 0) is 43.1 Å². The second kappa shape index (κ2) is 7.11. The summed E-state index contributed by atoms with van der Waals surface area (Å²) in [5.41, 5.74) is 6.62. The minimum atomic E-state index is -2.91. The molecule has 0 aliphatic heterocycles. The van der Waals surface area contributed by atoms with E-state index in [4.69, 9.17) is 10.5 Å². The van der Waals surface area contributed by atoms with Crippen LogP contribution in [-0.2, 0) is 16.3 Å². The van der Waals surface area contributed by atoms with Crippen molar-refractivity contribution in [3.05, 3.63) is 28.2 Å². The molecule has 0 saturated heterocycles. The smallest absolute Gasteiger partial charge is 0.147 e. The average molecular weight is 336 g/mol. The van der Waals surface area contributed by atoms with Crippen LogP contribution < -0.4 is 10.5 Å². The molecule has 0 radical (unpaired) electrons. The van der Waals surface area contributed by atoms with Gasteiger partial charge in [-0.2, -0.15) is 0 Å². The lowest BCUT2D eigenvalue weighted by Crippen LogP contribution is -2.08. The van der Waals surface area contributed by atoms with Crippen molar-refractivity contribution in [3.63, 3.8) is 0 Å². The second-order valence-electron chi connectivity index (χ2n) is 4.12. The monoisotopic (exact) mass is 335 g/mol. The van der Waals surface area contributed by atoms with Crippen molar-refractivity contribution >= 4 is 25.8 Å². The Morgan fingerprint density at radius 1 is 1.39 bits per heavy atom. The zero-order valence-corrected chi connectivity index (χ0v) is 12.8. The average Bonchev–Trinajstić information content (AvgIpc) is 2.28. The number of sulfone groups is 1. The molecule has 0 spiro atoms. The van der Waals surface area contributed by atoms with Crippen LogP contribution in [0.15, 0.2) is 22.7 Å². The summed E-state index contributed by atoms with van der Waals surface area (Å²) in [6.07, 6.45) is 2.51. The van der Waals surface area contributed by atoms with Gasteiger partial charge in [-0.25, -0.2) is 8.42 Å². The fourth-order valence-corrected chi connectivity index (χ4v) is 2.59. The standard InChI is InChI=1S/C12H18BrNO3S/c1-18(15,16)8-2-7-17-11-3-4-12(13)10(9-11)5-6-14/h3-4,9H,2,5-8,14H2,1H3. The maximum absolute atomic E-state index is 11.0. The summed E-state index contributed by atoms with van der Waals surface area (Å²) in [6, 6.07) is 5.69. The van der Waals surface area contributed by atoms with Gasteiger partial charge in [0.05, 0.1) is 12.4 Å². The Bertz CT molecular complexity index is 488. The zero-order valence-electron chi connectivity index (χ0n) is 10.4. The molecule has 18 heavy (non-hydrogen) atoms. The van der Waals surface area contributed by atoms with Crippen molar-refractivity contribution in [2.75, 3.05) is 25.2 Å². The van der Waals surface area contributed by atoms with Crippen molar-refractivity contribution in [3.8, 4) is 5.75 Å². The van der Waals surface area contributed by atoms with E-state index in [0.29, 0.717) is 19.6 Å². The van der Waals surface area contributed by atoms with E-state index in [1.165, 1.54) is 6.26 Å². The van der Waals surface area contributed by atoms with Crippen LogP contribution in [0.25, 0.3) is 0 Å². The van der Waals surface area contributed by atoms with Crippen LogP contribution in [0.5, 0.6) is 5.75 Å². The molecular formula is C12H18BrNO3S. The van der Waals surface area contributed by atoms with Crippen LogP contribution in [0.4, 0.5) is 0 Å². The summed E-state index contributed by atoms with van der Waals surface area (Å²) in [6.45, 7) is 0.979. The zero-order chi connectivity index (χ0) is 13.6. The van der Waals surface area contributed by atoms with Crippen LogP contribution in [0, 0.1) is 0 Å². The fourth-order valence-electron chi connectivity index (χ4n) is 1.50. The van der Waals surface area contributed by atoms with Gasteiger partial charge < -0.3 is 10.5 Å². The van der Waals surface area contributed by atoms with Crippen molar-refractivity contribution in [1.82, 2.24) is 0 Å². The highest BCUT2D eigenvalue weighted by Crippen LogP contribution is 2.23. The molecule has 1 aromatic carbocycles. The SMILES string of the molecule is CS(=O)(=O)CCCOc1ccc(Br)c(CCN)c1. The Labute approximate surface area is 117 Å². The fraction of sp³-hybridized carbons (Fsp3) is 0.500. The molecule has 0 unspecified atom stereocenters. The highest BCUT2D eigenvalue weighted by atomic mass is 79.9. The van der Waals surface area contributed by atoms with Crippen LogP contribution in [0.3, 0.4) is 0 Å². The highest BCUT2D eigenvalue weighted by Gasteiger charge is 2.04. The number of hydrogen-bond acceptors (Lipinski definition) is 4. The van der Waals surface area contributed by atoms with Gasteiger partial charge >= 0.3 is 0 Å². The first-order valence-corrected chi connectivity index (χ1v) is 8.57. The van der Waals surface area contributed by atoms with Gasteiger partial charge in [0.15, 0.2) is 0 Å². The molecule has 0 bridgehead atoms. The predicted octanol–water partition coefficient (Wildman–Crippen LogP) is 1.76. The number of ether oxygens (including phenoxy) is 1. The molecule has 0 heterocycles. The van der Waals surface area contributed by atoms with E-state index in [0.717, 1.165) is 22.2 Å². The van der Waals surface area contributed by atoms with Gasteiger partial charge in [0.25, 0.3) is 0 Å². The van der Waals surface area contributed by atoms with E-state index in [2.05, 4.69) is 15.9 Å². The van der Waals surface area contributed by atoms with Crippen LogP contribution in [0.2, 0.25) is 0 Å². The number of benzene rings is 1. The van der Waals surface area contributed by atoms with E-state index in [9.17, 15) is 8.42 Å². The largest absolute Gasteiger partial charge is 0.494 e. The molecule has 0 aliphatic carbocycles. The molecule has 0 atom stereocenters. The summed E-state index contributed by atoms with van der Waals surface area (Å²) < 4.78 is 28.4. The first-order valence-electron chi connectivity index (χ1n) is 5.71. The van der Waals surface area contributed by atoms with Crippen LogP contribution in [0.1, 0.15) is 12.0 Å². The van der Waals surface area contributed by atoms with Crippen LogP contribution >= 0.6 is 15.9 Å². The lowest BCUT2D eigenvalue weighted by Gasteiger charge is -2.09. The van der Waals surface area contributed by atoms with E-state index in [-0.39, 0.29) is 5.75 Å². The van der Waals surface area contributed by atoms with E-state index >= 15 is 0 Å². The van der Waals surface area contributed by atoms with E-state index < -0.39 is 9.84 Å². The minimum Gasteiger partial charge on any atom is -0.494 e. The minimum absolute atomic E-state index is 0.152. The third-order valence-corrected chi connectivity index (χ3v) is 4.16. The molecule has 0 aliphatic rings. The number of rotatable bonds is 7. The molecule has 0 saturated carbocycles. The maximum Gasteiger partial charge on any atom is 0.147 e. The lowest BCUT2D eigenvalue weighted by molar-refractivity contribution is 0.317. The molecule has 2 N–H and O–H groups in total. The molecule has 0 aromatic heterocycles. The highest BCUT2D eigenvalue weighted by molar-refractivity contribution is 9.10.